The number of thiophene rings is 1. The molecule has 120 valence electrons. The Morgan fingerprint density at radius 3 is 3.00 bits per heavy atom. The van der Waals surface area contributed by atoms with Crippen molar-refractivity contribution in [2.24, 2.45) is 0 Å². The average molecular weight is 361 g/mol. The van der Waals surface area contributed by atoms with Crippen molar-refractivity contribution in [1.82, 2.24) is 9.46 Å². The van der Waals surface area contributed by atoms with Crippen LogP contribution in [0.25, 0.3) is 0 Å². The highest BCUT2D eigenvalue weighted by molar-refractivity contribution is 7.91. The SMILES string of the molecule is CCCc1cc([C@H]2CCCN2S(=O)(=O)c2ccc(Cl)s2)no1. The third kappa shape index (κ3) is 2.95. The number of halogens is 1. The van der Waals surface area contributed by atoms with Crippen LogP contribution in [-0.4, -0.2) is 24.4 Å². The van der Waals surface area contributed by atoms with E-state index < -0.39 is 10.0 Å². The molecule has 2 aromatic rings. The summed E-state index contributed by atoms with van der Waals surface area (Å²) in [7, 11) is -3.53. The lowest BCUT2D eigenvalue weighted by Gasteiger charge is -2.21. The Hall–Kier alpha value is -0.890. The van der Waals surface area contributed by atoms with Gasteiger partial charge < -0.3 is 4.52 Å². The zero-order valence-electron chi connectivity index (χ0n) is 12.2. The lowest BCUT2D eigenvalue weighted by Crippen LogP contribution is -2.30. The first kappa shape index (κ1) is 16.0. The third-order valence-electron chi connectivity index (χ3n) is 3.73. The van der Waals surface area contributed by atoms with Crippen LogP contribution < -0.4 is 0 Å². The highest BCUT2D eigenvalue weighted by atomic mass is 35.5. The van der Waals surface area contributed by atoms with Gasteiger partial charge in [0, 0.05) is 19.0 Å². The molecule has 0 unspecified atom stereocenters. The van der Waals surface area contributed by atoms with Gasteiger partial charge >= 0.3 is 0 Å². The molecule has 3 heterocycles. The predicted octanol–water partition coefficient (Wildman–Crippen LogP) is 3.87. The van der Waals surface area contributed by atoms with E-state index in [1.54, 1.807) is 12.1 Å². The Morgan fingerprint density at radius 1 is 1.50 bits per heavy atom. The normalized spacial score (nSPS) is 19.8. The summed E-state index contributed by atoms with van der Waals surface area (Å²) in [6, 6.07) is 4.80. The standard InChI is InChI=1S/C14H17ClN2O3S2/c1-2-4-10-9-11(16-20-10)12-5-3-8-17(12)22(18,19)14-7-6-13(15)21-14/h6-7,9,12H,2-5,8H2,1H3/t12-/m1/s1. The molecule has 1 fully saturated rings. The van der Waals surface area contributed by atoms with E-state index in [4.69, 9.17) is 16.1 Å². The van der Waals surface area contributed by atoms with E-state index in [-0.39, 0.29) is 10.3 Å². The minimum absolute atomic E-state index is 0.250. The van der Waals surface area contributed by atoms with Crippen molar-refractivity contribution in [1.29, 1.82) is 0 Å². The Balaban J connectivity index is 1.89. The minimum Gasteiger partial charge on any atom is -0.361 e. The molecule has 0 saturated carbocycles. The average Bonchev–Trinajstić information content (AvgIpc) is 3.17. The van der Waals surface area contributed by atoms with E-state index in [1.807, 2.05) is 6.07 Å². The van der Waals surface area contributed by atoms with E-state index in [1.165, 1.54) is 4.31 Å². The fraction of sp³-hybridized carbons (Fsp3) is 0.500. The summed E-state index contributed by atoms with van der Waals surface area (Å²) >= 11 is 6.96. The molecule has 0 aromatic carbocycles. The van der Waals surface area contributed by atoms with E-state index in [9.17, 15) is 8.42 Å². The Bertz CT molecular complexity index is 754. The van der Waals surface area contributed by atoms with Gasteiger partial charge in [0.05, 0.1) is 10.4 Å². The highest BCUT2D eigenvalue weighted by Crippen LogP contribution is 2.38. The maximum atomic E-state index is 12.8. The molecule has 2 aromatic heterocycles. The van der Waals surface area contributed by atoms with Crippen molar-refractivity contribution in [2.75, 3.05) is 6.54 Å². The number of nitrogens with zero attached hydrogens (tertiary/aromatic N) is 2. The van der Waals surface area contributed by atoms with Crippen LogP contribution in [-0.2, 0) is 16.4 Å². The molecule has 0 bridgehead atoms. The zero-order chi connectivity index (χ0) is 15.7. The molecule has 8 heteroatoms. The maximum absolute atomic E-state index is 12.8. The first-order chi connectivity index (χ1) is 10.5. The fourth-order valence-corrected chi connectivity index (χ4v) is 6.01. The fourth-order valence-electron chi connectivity index (χ4n) is 2.73. The van der Waals surface area contributed by atoms with Crippen molar-refractivity contribution in [3.8, 4) is 0 Å². The monoisotopic (exact) mass is 360 g/mol. The van der Waals surface area contributed by atoms with Crippen molar-refractivity contribution in [2.45, 2.75) is 42.9 Å². The molecule has 0 aliphatic carbocycles. The van der Waals surface area contributed by atoms with Crippen molar-refractivity contribution in [3.05, 3.63) is 34.0 Å². The van der Waals surface area contributed by atoms with Crippen LogP contribution in [0.1, 0.15) is 43.7 Å². The van der Waals surface area contributed by atoms with Gasteiger partial charge in [-0.05, 0) is 31.4 Å². The molecular formula is C14H17ClN2O3S2. The van der Waals surface area contributed by atoms with Gasteiger partial charge in [-0.25, -0.2) is 8.42 Å². The van der Waals surface area contributed by atoms with Crippen LogP contribution in [0.15, 0.2) is 26.9 Å². The summed E-state index contributed by atoms with van der Waals surface area (Å²) in [5.41, 5.74) is 0.701. The highest BCUT2D eigenvalue weighted by Gasteiger charge is 2.38. The Kier molecular flexibility index (Phi) is 4.59. The van der Waals surface area contributed by atoms with Gasteiger partial charge in [0.1, 0.15) is 15.7 Å². The molecule has 1 saturated heterocycles. The van der Waals surface area contributed by atoms with Gasteiger partial charge in [-0.15, -0.1) is 11.3 Å². The predicted molar refractivity (Wildman–Crippen MR) is 85.7 cm³/mol. The molecule has 1 aliphatic rings. The quantitative estimate of drug-likeness (QED) is 0.812. The number of hydrogen-bond donors (Lipinski definition) is 0. The smallest absolute Gasteiger partial charge is 0.253 e. The molecule has 3 rings (SSSR count). The molecule has 1 aliphatic heterocycles. The lowest BCUT2D eigenvalue weighted by molar-refractivity contribution is 0.344. The van der Waals surface area contributed by atoms with Gasteiger partial charge in [0.2, 0.25) is 0 Å². The topological polar surface area (TPSA) is 63.4 Å². The van der Waals surface area contributed by atoms with Gasteiger partial charge in [0.15, 0.2) is 0 Å². The van der Waals surface area contributed by atoms with Crippen molar-refractivity contribution < 1.29 is 12.9 Å². The number of aromatic nitrogens is 1. The molecule has 1 atom stereocenters. The molecule has 0 radical (unpaired) electrons. The van der Waals surface area contributed by atoms with Gasteiger partial charge in [-0.3, -0.25) is 0 Å². The molecule has 22 heavy (non-hydrogen) atoms. The second kappa shape index (κ2) is 6.31. The number of rotatable bonds is 5. The number of aryl methyl sites for hydroxylation is 1. The third-order valence-corrected chi connectivity index (χ3v) is 7.34. The van der Waals surface area contributed by atoms with Crippen LogP contribution in [0, 0.1) is 0 Å². The van der Waals surface area contributed by atoms with Crippen LogP contribution >= 0.6 is 22.9 Å². The van der Waals surface area contributed by atoms with Gasteiger partial charge in [-0.2, -0.15) is 4.31 Å². The van der Waals surface area contributed by atoms with E-state index in [0.29, 0.717) is 16.6 Å². The first-order valence-electron chi connectivity index (χ1n) is 7.25. The minimum atomic E-state index is -3.53. The van der Waals surface area contributed by atoms with Crippen molar-refractivity contribution in [3.63, 3.8) is 0 Å². The molecule has 0 spiro atoms. The maximum Gasteiger partial charge on any atom is 0.253 e. The molecule has 5 nitrogen and oxygen atoms in total. The largest absolute Gasteiger partial charge is 0.361 e. The Labute approximate surface area is 138 Å². The van der Waals surface area contributed by atoms with Gasteiger partial charge in [-0.1, -0.05) is 23.7 Å². The van der Waals surface area contributed by atoms with Crippen LogP contribution in [0.4, 0.5) is 0 Å². The lowest BCUT2D eigenvalue weighted by atomic mass is 10.1. The summed E-state index contributed by atoms with van der Waals surface area (Å²) in [5.74, 6) is 0.806. The summed E-state index contributed by atoms with van der Waals surface area (Å²) < 4.78 is 33.1. The summed E-state index contributed by atoms with van der Waals surface area (Å²) in [4.78, 5) is 0. The number of hydrogen-bond acceptors (Lipinski definition) is 5. The first-order valence-corrected chi connectivity index (χ1v) is 9.88. The second-order valence-electron chi connectivity index (χ2n) is 5.30. The van der Waals surface area contributed by atoms with Crippen LogP contribution in [0.2, 0.25) is 4.34 Å². The summed E-state index contributed by atoms with van der Waals surface area (Å²) in [5, 5.41) is 4.08. The zero-order valence-corrected chi connectivity index (χ0v) is 14.5. The van der Waals surface area contributed by atoms with E-state index in [2.05, 4.69) is 12.1 Å². The van der Waals surface area contributed by atoms with E-state index >= 15 is 0 Å². The molecular weight excluding hydrogens is 344 g/mol. The Morgan fingerprint density at radius 2 is 2.32 bits per heavy atom. The van der Waals surface area contributed by atoms with Crippen LogP contribution in [0.3, 0.4) is 0 Å². The second-order valence-corrected chi connectivity index (χ2v) is 9.13. The summed E-state index contributed by atoms with van der Waals surface area (Å²) in [6.45, 7) is 2.56. The number of sulfonamides is 1. The summed E-state index contributed by atoms with van der Waals surface area (Å²) in [6.07, 6.45) is 3.36. The van der Waals surface area contributed by atoms with Crippen LogP contribution in [0.5, 0.6) is 0 Å². The van der Waals surface area contributed by atoms with Gasteiger partial charge in [0.25, 0.3) is 10.0 Å². The molecule has 0 amide bonds. The molecule has 0 N–H and O–H groups in total. The van der Waals surface area contributed by atoms with Crippen molar-refractivity contribution >= 4 is 33.0 Å². The van der Waals surface area contributed by atoms with E-state index in [0.717, 1.165) is 42.8 Å².